The van der Waals surface area contributed by atoms with Crippen LogP contribution in [0, 0.1) is 11.8 Å². The zero-order valence-electron chi connectivity index (χ0n) is 10.7. The number of nitrogens with zero attached hydrogens (tertiary/aromatic N) is 1. The summed E-state index contributed by atoms with van der Waals surface area (Å²) in [5.74, 6) is 0.350. The molecule has 2 rings (SSSR count). The van der Waals surface area contributed by atoms with Gasteiger partial charge in [-0.05, 0) is 43.9 Å². The third kappa shape index (κ3) is 4.29. The number of hydrogen-bond donors (Lipinski definition) is 2. The van der Waals surface area contributed by atoms with Crippen molar-refractivity contribution in [3.8, 4) is 0 Å². The number of carbonyl (C=O) groups is 2. The number of rotatable bonds is 8. The minimum atomic E-state index is -0.894. The quantitative estimate of drug-likeness (QED) is 0.672. The number of nitrogens with two attached hydrogens (primary N) is 1. The van der Waals surface area contributed by atoms with Gasteiger partial charge >= 0.3 is 5.97 Å². The third-order valence-electron chi connectivity index (χ3n) is 3.65. The van der Waals surface area contributed by atoms with Gasteiger partial charge in [-0.25, -0.2) is 0 Å². The first kappa shape index (κ1) is 13.3. The van der Waals surface area contributed by atoms with Crippen LogP contribution in [0.15, 0.2) is 0 Å². The largest absolute Gasteiger partial charge is 0.481 e. The van der Waals surface area contributed by atoms with Crippen molar-refractivity contribution in [1.82, 2.24) is 4.90 Å². The van der Waals surface area contributed by atoms with Crippen molar-refractivity contribution in [3.05, 3.63) is 0 Å². The van der Waals surface area contributed by atoms with Gasteiger partial charge in [0.05, 0.1) is 6.04 Å². The molecule has 0 bridgehead atoms. The first-order valence-electron chi connectivity index (χ1n) is 6.82. The van der Waals surface area contributed by atoms with E-state index in [4.69, 9.17) is 10.8 Å². The summed E-state index contributed by atoms with van der Waals surface area (Å²) < 4.78 is 0. The Balaban J connectivity index is 1.81. The van der Waals surface area contributed by atoms with E-state index >= 15 is 0 Å². The van der Waals surface area contributed by atoms with E-state index in [0.717, 1.165) is 13.1 Å². The highest BCUT2D eigenvalue weighted by Gasteiger charge is 2.33. The molecule has 5 heteroatoms. The monoisotopic (exact) mass is 254 g/mol. The SMILES string of the molecule is NC(CCC(=O)O)C(=O)N(CC1CC1)CC1CC1. The number of carbonyl (C=O) groups excluding carboxylic acids is 1. The topological polar surface area (TPSA) is 83.6 Å². The Labute approximate surface area is 107 Å². The highest BCUT2D eigenvalue weighted by atomic mass is 16.4. The summed E-state index contributed by atoms with van der Waals surface area (Å²) in [6.45, 7) is 1.63. The average Bonchev–Trinajstić information content (AvgIpc) is 3.18. The second-order valence-electron chi connectivity index (χ2n) is 5.67. The van der Waals surface area contributed by atoms with Gasteiger partial charge in [0.15, 0.2) is 0 Å². The molecule has 2 saturated carbocycles. The fourth-order valence-corrected chi connectivity index (χ4v) is 2.12. The van der Waals surface area contributed by atoms with Crippen molar-refractivity contribution < 1.29 is 14.7 Å². The standard InChI is InChI=1S/C13H22N2O3/c14-11(5-6-12(16)17)13(18)15(7-9-1-2-9)8-10-3-4-10/h9-11H,1-8,14H2,(H,16,17). The first-order valence-corrected chi connectivity index (χ1v) is 6.82. The van der Waals surface area contributed by atoms with Crippen molar-refractivity contribution in [2.24, 2.45) is 17.6 Å². The summed E-state index contributed by atoms with van der Waals surface area (Å²) in [4.78, 5) is 24.6. The maximum Gasteiger partial charge on any atom is 0.303 e. The normalized spacial score (nSPS) is 20.5. The maximum atomic E-state index is 12.2. The minimum absolute atomic E-state index is 0.0341. The van der Waals surface area contributed by atoms with Gasteiger partial charge in [0.1, 0.15) is 0 Å². The predicted molar refractivity (Wildman–Crippen MR) is 66.9 cm³/mol. The molecule has 1 unspecified atom stereocenters. The van der Waals surface area contributed by atoms with Crippen LogP contribution in [0.25, 0.3) is 0 Å². The molecule has 0 radical (unpaired) electrons. The Hall–Kier alpha value is -1.10. The van der Waals surface area contributed by atoms with E-state index in [2.05, 4.69) is 0 Å². The van der Waals surface area contributed by atoms with Crippen molar-refractivity contribution in [2.75, 3.05) is 13.1 Å². The Morgan fingerprint density at radius 2 is 1.67 bits per heavy atom. The van der Waals surface area contributed by atoms with E-state index < -0.39 is 12.0 Å². The number of amides is 1. The van der Waals surface area contributed by atoms with Gasteiger partial charge in [0, 0.05) is 19.5 Å². The van der Waals surface area contributed by atoms with Gasteiger partial charge in [0.25, 0.3) is 0 Å². The highest BCUT2D eigenvalue weighted by Crippen LogP contribution is 2.33. The maximum absolute atomic E-state index is 12.2. The molecule has 0 heterocycles. The molecule has 1 amide bonds. The van der Waals surface area contributed by atoms with Crippen LogP contribution in [0.3, 0.4) is 0 Å². The van der Waals surface area contributed by atoms with Crippen molar-refractivity contribution in [2.45, 2.75) is 44.6 Å². The second kappa shape index (κ2) is 5.69. The van der Waals surface area contributed by atoms with Crippen LogP contribution in [0.2, 0.25) is 0 Å². The molecule has 102 valence electrons. The smallest absolute Gasteiger partial charge is 0.303 e. The number of carboxylic acid groups (broad SMARTS) is 1. The fourth-order valence-electron chi connectivity index (χ4n) is 2.12. The average molecular weight is 254 g/mol. The van der Waals surface area contributed by atoms with Crippen LogP contribution in [0.5, 0.6) is 0 Å². The molecule has 5 nitrogen and oxygen atoms in total. The Bertz CT molecular complexity index is 310. The predicted octanol–water partition coefficient (Wildman–Crippen LogP) is 0.827. The molecule has 2 aliphatic carbocycles. The van der Waals surface area contributed by atoms with Gasteiger partial charge in [-0.1, -0.05) is 0 Å². The summed E-state index contributed by atoms with van der Waals surface area (Å²) >= 11 is 0. The van der Waals surface area contributed by atoms with Crippen LogP contribution in [0.1, 0.15) is 38.5 Å². The van der Waals surface area contributed by atoms with Crippen LogP contribution in [-0.4, -0.2) is 41.0 Å². The van der Waals surface area contributed by atoms with Crippen LogP contribution >= 0.6 is 0 Å². The zero-order chi connectivity index (χ0) is 13.1. The van der Waals surface area contributed by atoms with Crippen molar-refractivity contribution in [3.63, 3.8) is 0 Å². The fraction of sp³-hybridized carbons (Fsp3) is 0.846. The molecule has 0 aliphatic heterocycles. The van der Waals surface area contributed by atoms with Gasteiger partial charge in [-0.15, -0.1) is 0 Å². The second-order valence-corrected chi connectivity index (χ2v) is 5.67. The lowest BCUT2D eigenvalue weighted by Crippen LogP contribution is -2.45. The van der Waals surface area contributed by atoms with Crippen LogP contribution in [-0.2, 0) is 9.59 Å². The lowest BCUT2D eigenvalue weighted by molar-refractivity contribution is -0.137. The van der Waals surface area contributed by atoms with Crippen LogP contribution < -0.4 is 5.73 Å². The lowest BCUT2D eigenvalue weighted by atomic mass is 10.1. The lowest BCUT2D eigenvalue weighted by Gasteiger charge is -2.25. The first-order chi connectivity index (χ1) is 8.56. The van der Waals surface area contributed by atoms with E-state index in [0.29, 0.717) is 11.8 Å². The van der Waals surface area contributed by atoms with Crippen molar-refractivity contribution >= 4 is 11.9 Å². The molecule has 0 aromatic rings. The molecule has 1 atom stereocenters. The molecule has 0 spiro atoms. The molecule has 3 N–H and O–H groups in total. The summed E-state index contributed by atoms with van der Waals surface area (Å²) in [5, 5.41) is 8.61. The van der Waals surface area contributed by atoms with Crippen LogP contribution in [0.4, 0.5) is 0 Å². The summed E-state index contributed by atoms with van der Waals surface area (Å²) in [5.41, 5.74) is 5.80. The summed E-state index contributed by atoms with van der Waals surface area (Å²) in [6.07, 6.45) is 5.03. The molecule has 0 aromatic heterocycles. The van der Waals surface area contributed by atoms with E-state index in [1.165, 1.54) is 25.7 Å². The molecule has 18 heavy (non-hydrogen) atoms. The summed E-state index contributed by atoms with van der Waals surface area (Å²) in [7, 11) is 0. The number of aliphatic carboxylic acids is 1. The van der Waals surface area contributed by atoms with Crippen molar-refractivity contribution in [1.29, 1.82) is 0 Å². The van der Waals surface area contributed by atoms with Gasteiger partial charge in [-0.3, -0.25) is 9.59 Å². The zero-order valence-corrected chi connectivity index (χ0v) is 10.7. The van der Waals surface area contributed by atoms with Gasteiger partial charge in [0.2, 0.25) is 5.91 Å². The van der Waals surface area contributed by atoms with Gasteiger partial charge in [-0.2, -0.15) is 0 Å². The Morgan fingerprint density at radius 1 is 1.17 bits per heavy atom. The van der Waals surface area contributed by atoms with E-state index in [1.807, 2.05) is 4.90 Å². The minimum Gasteiger partial charge on any atom is -0.481 e. The highest BCUT2D eigenvalue weighted by molar-refractivity contribution is 5.82. The molecule has 0 saturated heterocycles. The Morgan fingerprint density at radius 3 is 2.06 bits per heavy atom. The van der Waals surface area contributed by atoms with E-state index in [-0.39, 0.29) is 18.7 Å². The molecular weight excluding hydrogens is 232 g/mol. The van der Waals surface area contributed by atoms with E-state index in [1.54, 1.807) is 0 Å². The number of hydrogen-bond acceptors (Lipinski definition) is 3. The van der Waals surface area contributed by atoms with E-state index in [9.17, 15) is 9.59 Å². The number of carboxylic acids is 1. The Kier molecular flexibility index (Phi) is 4.22. The third-order valence-corrected chi connectivity index (χ3v) is 3.65. The molecule has 0 aromatic carbocycles. The molecular formula is C13H22N2O3. The molecule has 2 fully saturated rings. The summed E-state index contributed by atoms with van der Waals surface area (Å²) in [6, 6.07) is -0.654. The van der Waals surface area contributed by atoms with Gasteiger partial charge < -0.3 is 15.7 Å². The molecule has 2 aliphatic rings.